The molecule has 1 aromatic rings. The fourth-order valence-electron chi connectivity index (χ4n) is 1.41. The van der Waals surface area contributed by atoms with Gasteiger partial charge in [-0.2, -0.15) is 17.0 Å². The van der Waals surface area contributed by atoms with Crippen molar-refractivity contribution in [1.82, 2.24) is 0 Å². The summed E-state index contributed by atoms with van der Waals surface area (Å²) in [5.74, 6) is 0.936. The number of hydrogen-bond donors (Lipinski definition) is 1. The Morgan fingerprint density at radius 1 is 1.35 bits per heavy atom. The molecule has 1 aromatic carbocycles. The van der Waals surface area contributed by atoms with Crippen molar-refractivity contribution in [3.05, 3.63) is 29.8 Å². The summed E-state index contributed by atoms with van der Waals surface area (Å²) in [6.07, 6.45) is 0.718. The van der Waals surface area contributed by atoms with Crippen LogP contribution in [0.25, 0.3) is 0 Å². The maximum Gasteiger partial charge on any atom is 0.306 e. The summed E-state index contributed by atoms with van der Waals surface area (Å²) in [5, 5.41) is 11.5. The third kappa shape index (κ3) is 6.25. The van der Waals surface area contributed by atoms with Crippen molar-refractivity contribution in [2.75, 3.05) is 23.9 Å². The lowest BCUT2D eigenvalue weighted by atomic mass is 10.2. The number of benzene rings is 1. The monoisotopic (exact) mass is 292 g/mol. The van der Waals surface area contributed by atoms with E-state index in [9.17, 15) is 9.59 Å². The molecule has 0 saturated carbocycles. The first-order valence-corrected chi connectivity index (χ1v) is 7.25. The molecule has 0 aliphatic heterocycles. The standard InChI is InChI=1S/C14H16N2O3S/c1-19-14(18)6-8-20-7-5-13(17)16-12-4-2-3-11(9-12)10-15/h2-4,9H,5-8H2,1H3,(H,16,17). The highest BCUT2D eigenvalue weighted by atomic mass is 32.2. The highest BCUT2D eigenvalue weighted by molar-refractivity contribution is 7.99. The number of carbonyl (C=O) groups is 2. The number of methoxy groups -OCH3 is 1. The molecule has 5 nitrogen and oxygen atoms in total. The van der Waals surface area contributed by atoms with Crippen molar-refractivity contribution in [2.24, 2.45) is 0 Å². The molecular weight excluding hydrogens is 276 g/mol. The molecule has 0 atom stereocenters. The predicted octanol–water partition coefficient (Wildman–Crippen LogP) is 2.18. The molecule has 0 unspecified atom stereocenters. The van der Waals surface area contributed by atoms with E-state index < -0.39 is 0 Å². The van der Waals surface area contributed by atoms with Gasteiger partial charge in [0.1, 0.15) is 0 Å². The summed E-state index contributed by atoms with van der Waals surface area (Å²) in [4.78, 5) is 22.5. The van der Waals surface area contributed by atoms with Crippen LogP contribution in [0.4, 0.5) is 5.69 Å². The fourth-order valence-corrected chi connectivity index (χ4v) is 2.26. The van der Waals surface area contributed by atoms with Crippen LogP contribution in [0.3, 0.4) is 0 Å². The largest absolute Gasteiger partial charge is 0.469 e. The van der Waals surface area contributed by atoms with Crippen LogP contribution in [0.1, 0.15) is 18.4 Å². The first-order valence-electron chi connectivity index (χ1n) is 6.10. The Morgan fingerprint density at radius 3 is 2.80 bits per heavy atom. The van der Waals surface area contributed by atoms with Crippen LogP contribution in [0.2, 0.25) is 0 Å². The van der Waals surface area contributed by atoms with Gasteiger partial charge in [0, 0.05) is 23.6 Å². The first kappa shape index (κ1) is 16.1. The zero-order valence-electron chi connectivity index (χ0n) is 11.2. The van der Waals surface area contributed by atoms with Gasteiger partial charge >= 0.3 is 5.97 Å². The van der Waals surface area contributed by atoms with Gasteiger partial charge in [0.25, 0.3) is 0 Å². The second kappa shape index (κ2) is 8.99. The van der Waals surface area contributed by atoms with Gasteiger partial charge in [0.15, 0.2) is 0 Å². The van der Waals surface area contributed by atoms with Gasteiger partial charge in [-0.25, -0.2) is 0 Å². The highest BCUT2D eigenvalue weighted by Crippen LogP contribution is 2.11. The topological polar surface area (TPSA) is 79.2 Å². The van der Waals surface area contributed by atoms with E-state index in [1.807, 2.05) is 6.07 Å². The summed E-state index contributed by atoms with van der Waals surface area (Å²) in [6.45, 7) is 0. The summed E-state index contributed by atoms with van der Waals surface area (Å²) in [7, 11) is 1.36. The van der Waals surface area contributed by atoms with Crippen molar-refractivity contribution < 1.29 is 14.3 Å². The number of rotatable bonds is 7. The fraction of sp³-hybridized carbons (Fsp3) is 0.357. The lowest BCUT2D eigenvalue weighted by Gasteiger charge is -2.05. The van der Waals surface area contributed by atoms with E-state index >= 15 is 0 Å². The van der Waals surface area contributed by atoms with Crippen LogP contribution in [0.5, 0.6) is 0 Å². The quantitative estimate of drug-likeness (QED) is 0.615. The number of carbonyl (C=O) groups excluding carboxylic acids is 2. The number of nitrogens with one attached hydrogen (secondary N) is 1. The summed E-state index contributed by atoms with van der Waals surface area (Å²) in [6, 6.07) is 8.78. The average Bonchev–Trinajstić information content (AvgIpc) is 2.46. The van der Waals surface area contributed by atoms with E-state index in [1.165, 1.54) is 18.9 Å². The number of thioether (sulfide) groups is 1. The van der Waals surface area contributed by atoms with Gasteiger partial charge in [-0.05, 0) is 18.2 Å². The van der Waals surface area contributed by atoms with E-state index in [-0.39, 0.29) is 11.9 Å². The first-order chi connectivity index (χ1) is 9.65. The van der Waals surface area contributed by atoms with Gasteiger partial charge in [-0.15, -0.1) is 0 Å². The van der Waals surface area contributed by atoms with E-state index in [1.54, 1.807) is 24.3 Å². The Morgan fingerprint density at radius 2 is 2.10 bits per heavy atom. The minimum atomic E-state index is -0.240. The lowest BCUT2D eigenvalue weighted by molar-refractivity contribution is -0.140. The SMILES string of the molecule is COC(=O)CCSCCC(=O)Nc1cccc(C#N)c1. The molecular formula is C14H16N2O3S. The second-order valence-corrected chi connectivity index (χ2v) is 5.15. The molecule has 0 heterocycles. The molecule has 0 aromatic heterocycles. The van der Waals surface area contributed by atoms with E-state index in [0.717, 1.165) is 0 Å². The van der Waals surface area contributed by atoms with E-state index in [4.69, 9.17) is 5.26 Å². The van der Waals surface area contributed by atoms with Gasteiger partial charge in [-0.1, -0.05) is 6.07 Å². The van der Waals surface area contributed by atoms with Crippen LogP contribution >= 0.6 is 11.8 Å². The van der Waals surface area contributed by atoms with Crippen molar-refractivity contribution in [2.45, 2.75) is 12.8 Å². The Balaban J connectivity index is 2.23. The second-order valence-electron chi connectivity index (χ2n) is 3.93. The minimum Gasteiger partial charge on any atom is -0.469 e. The van der Waals surface area contributed by atoms with Crippen LogP contribution in [0, 0.1) is 11.3 Å². The molecule has 0 aliphatic carbocycles. The number of hydrogen-bond acceptors (Lipinski definition) is 5. The molecule has 1 rings (SSSR count). The number of anilines is 1. The van der Waals surface area contributed by atoms with Crippen molar-refractivity contribution in [3.63, 3.8) is 0 Å². The summed E-state index contributed by atoms with van der Waals surface area (Å²) >= 11 is 1.53. The molecule has 0 fully saturated rings. The van der Waals surface area contributed by atoms with E-state index in [0.29, 0.717) is 35.6 Å². The van der Waals surface area contributed by atoms with Gasteiger partial charge < -0.3 is 10.1 Å². The summed E-state index contributed by atoms with van der Waals surface area (Å²) < 4.78 is 4.52. The number of amides is 1. The minimum absolute atomic E-state index is 0.106. The molecule has 0 bridgehead atoms. The maximum absolute atomic E-state index is 11.7. The number of ether oxygens (including phenoxy) is 1. The molecule has 0 radical (unpaired) electrons. The predicted molar refractivity (Wildman–Crippen MR) is 78.4 cm³/mol. The summed E-state index contributed by atoms with van der Waals surface area (Å²) in [5.41, 5.74) is 1.13. The third-order valence-electron chi connectivity index (χ3n) is 2.43. The van der Waals surface area contributed by atoms with Gasteiger partial charge in [-0.3, -0.25) is 9.59 Å². The van der Waals surface area contributed by atoms with Crippen LogP contribution in [0.15, 0.2) is 24.3 Å². The Labute approximate surface area is 122 Å². The lowest BCUT2D eigenvalue weighted by Crippen LogP contribution is -2.12. The van der Waals surface area contributed by atoms with Gasteiger partial charge in [0.05, 0.1) is 25.2 Å². The maximum atomic E-state index is 11.7. The van der Waals surface area contributed by atoms with Crippen LogP contribution < -0.4 is 5.32 Å². The molecule has 1 amide bonds. The normalized spacial score (nSPS) is 9.60. The number of esters is 1. The van der Waals surface area contributed by atoms with Crippen molar-refractivity contribution in [3.8, 4) is 6.07 Å². The molecule has 0 aliphatic rings. The van der Waals surface area contributed by atoms with Crippen LogP contribution in [-0.2, 0) is 14.3 Å². The molecule has 6 heteroatoms. The number of nitriles is 1. The Kier molecular flexibility index (Phi) is 7.22. The zero-order valence-corrected chi connectivity index (χ0v) is 12.0. The van der Waals surface area contributed by atoms with Gasteiger partial charge in [0.2, 0.25) is 5.91 Å². The molecule has 0 saturated heterocycles. The smallest absolute Gasteiger partial charge is 0.306 e. The average molecular weight is 292 g/mol. The molecule has 0 spiro atoms. The van der Waals surface area contributed by atoms with Crippen LogP contribution in [-0.4, -0.2) is 30.5 Å². The van der Waals surface area contributed by atoms with Crippen molar-refractivity contribution >= 4 is 29.3 Å². The Hall–Kier alpha value is -2.00. The molecule has 20 heavy (non-hydrogen) atoms. The zero-order chi connectivity index (χ0) is 14.8. The van der Waals surface area contributed by atoms with E-state index in [2.05, 4.69) is 10.1 Å². The molecule has 1 N–H and O–H groups in total. The third-order valence-corrected chi connectivity index (χ3v) is 3.41. The number of nitrogens with zero attached hydrogens (tertiary/aromatic N) is 1. The molecule has 106 valence electrons. The Bertz CT molecular complexity index is 511. The van der Waals surface area contributed by atoms with Crippen molar-refractivity contribution in [1.29, 1.82) is 5.26 Å². The highest BCUT2D eigenvalue weighted by Gasteiger charge is 2.04.